The molecule has 1 saturated carbocycles. The molecule has 1 saturated heterocycles. The van der Waals surface area contributed by atoms with Crippen LogP contribution in [0, 0.1) is 5.92 Å². The maximum atomic E-state index is 13.2. The molecule has 23 heavy (non-hydrogen) atoms. The molecule has 1 aliphatic carbocycles. The maximum Gasteiger partial charge on any atom is 0.243 e. The van der Waals surface area contributed by atoms with Gasteiger partial charge in [0.15, 0.2) is 11.5 Å². The zero-order valence-corrected chi connectivity index (χ0v) is 14.1. The molecule has 0 aromatic heterocycles. The zero-order chi connectivity index (χ0) is 15.9. The van der Waals surface area contributed by atoms with E-state index in [-0.39, 0.29) is 6.04 Å². The minimum Gasteiger partial charge on any atom is -0.486 e. The number of hydrogen-bond acceptors (Lipinski definition) is 4. The van der Waals surface area contributed by atoms with Crippen molar-refractivity contribution in [2.24, 2.45) is 5.92 Å². The lowest BCUT2D eigenvalue weighted by molar-refractivity contribution is 0.129. The molecule has 0 spiro atoms. The van der Waals surface area contributed by atoms with Crippen LogP contribution in [0.2, 0.25) is 0 Å². The average molecular weight is 337 g/mol. The first-order valence-corrected chi connectivity index (χ1v) is 10.0. The number of fused-ring (bicyclic) bond motifs is 2. The molecule has 2 heterocycles. The quantitative estimate of drug-likeness (QED) is 0.833. The fourth-order valence-corrected chi connectivity index (χ4v) is 5.97. The summed E-state index contributed by atoms with van der Waals surface area (Å²) in [5, 5.41) is 0. The number of piperidine rings is 1. The number of ether oxygens (including phenoxy) is 2. The Kier molecular flexibility index (Phi) is 3.97. The van der Waals surface area contributed by atoms with Gasteiger partial charge in [0, 0.05) is 18.7 Å². The van der Waals surface area contributed by atoms with Gasteiger partial charge in [0.1, 0.15) is 13.2 Å². The third kappa shape index (κ3) is 2.72. The molecule has 1 aromatic carbocycles. The second-order valence-corrected chi connectivity index (χ2v) is 8.57. The van der Waals surface area contributed by atoms with E-state index in [4.69, 9.17) is 9.47 Å². The van der Waals surface area contributed by atoms with E-state index in [2.05, 4.69) is 0 Å². The minimum absolute atomic E-state index is 0.177. The summed E-state index contributed by atoms with van der Waals surface area (Å²) in [6.07, 6.45) is 6.66. The highest BCUT2D eigenvalue weighted by Gasteiger charge is 2.40. The highest BCUT2D eigenvalue weighted by Crippen LogP contribution is 2.39. The first kappa shape index (κ1) is 15.3. The van der Waals surface area contributed by atoms with Gasteiger partial charge in [0.2, 0.25) is 10.0 Å². The Bertz CT molecular complexity index is 686. The molecule has 6 heteroatoms. The number of nitrogens with zero attached hydrogens (tertiary/aromatic N) is 1. The molecule has 0 bridgehead atoms. The molecule has 2 aliphatic heterocycles. The van der Waals surface area contributed by atoms with Crippen molar-refractivity contribution < 1.29 is 17.9 Å². The van der Waals surface area contributed by atoms with Crippen LogP contribution in [0.25, 0.3) is 0 Å². The van der Waals surface area contributed by atoms with Gasteiger partial charge in [-0.2, -0.15) is 4.31 Å². The van der Waals surface area contributed by atoms with E-state index < -0.39 is 10.0 Å². The third-order valence-corrected chi connectivity index (χ3v) is 7.23. The standard InChI is InChI=1S/C17H23NO4S/c19-23(20,14-7-8-16-17(12-14)22-11-10-21-16)18-9-3-5-13-4-1-2-6-15(13)18/h7-8,12-13,15H,1-6,9-11H2. The summed E-state index contributed by atoms with van der Waals surface area (Å²) in [6.45, 7) is 1.61. The van der Waals surface area contributed by atoms with Gasteiger partial charge in [-0.1, -0.05) is 12.8 Å². The summed E-state index contributed by atoms with van der Waals surface area (Å²) < 4.78 is 39.1. The van der Waals surface area contributed by atoms with E-state index >= 15 is 0 Å². The summed E-state index contributed by atoms with van der Waals surface area (Å²) in [6, 6.07) is 5.16. The van der Waals surface area contributed by atoms with Crippen molar-refractivity contribution in [1.29, 1.82) is 0 Å². The summed E-state index contributed by atoms with van der Waals surface area (Å²) in [5.74, 6) is 1.70. The summed E-state index contributed by atoms with van der Waals surface area (Å²) in [7, 11) is -3.47. The van der Waals surface area contributed by atoms with Crippen LogP contribution >= 0.6 is 0 Å². The van der Waals surface area contributed by atoms with Gasteiger partial charge < -0.3 is 9.47 Å². The van der Waals surface area contributed by atoms with Crippen LogP contribution in [0.15, 0.2) is 23.1 Å². The van der Waals surface area contributed by atoms with E-state index in [0.29, 0.717) is 42.1 Å². The molecule has 5 nitrogen and oxygen atoms in total. The SMILES string of the molecule is O=S(=O)(c1ccc2c(c1)OCCO2)N1CCCC2CCCCC21. The molecule has 2 atom stereocenters. The second-order valence-electron chi connectivity index (χ2n) is 6.68. The van der Waals surface area contributed by atoms with Crippen molar-refractivity contribution in [3.8, 4) is 11.5 Å². The van der Waals surface area contributed by atoms with E-state index in [0.717, 1.165) is 32.1 Å². The fraction of sp³-hybridized carbons (Fsp3) is 0.647. The smallest absolute Gasteiger partial charge is 0.243 e. The Hall–Kier alpha value is -1.27. The van der Waals surface area contributed by atoms with Crippen molar-refractivity contribution in [3.63, 3.8) is 0 Å². The van der Waals surface area contributed by atoms with Crippen LogP contribution in [-0.2, 0) is 10.0 Å². The van der Waals surface area contributed by atoms with Crippen LogP contribution in [0.5, 0.6) is 11.5 Å². The molecular weight excluding hydrogens is 314 g/mol. The first-order valence-electron chi connectivity index (χ1n) is 8.58. The van der Waals surface area contributed by atoms with Gasteiger partial charge in [-0.15, -0.1) is 0 Å². The lowest BCUT2D eigenvalue weighted by Crippen LogP contribution is -2.49. The van der Waals surface area contributed by atoms with E-state index in [1.165, 1.54) is 6.42 Å². The van der Waals surface area contributed by atoms with Gasteiger partial charge in [0.05, 0.1) is 4.90 Å². The van der Waals surface area contributed by atoms with Crippen molar-refractivity contribution in [3.05, 3.63) is 18.2 Å². The normalized spacial score (nSPS) is 28.2. The average Bonchev–Trinajstić information content (AvgIpc) is 2.60. The highest BCUT2D eigenvalue weighted by molar-refractivity contribution is 7.89. The summed E-state index contributed by atoms with van der Waals surface area (Å²) in [4.78, 5) is 0.327. The van der Waals surface area contributed by atoms with Crippen LogP contribution in [0.3, 0.4) is 0 Å². The van der Waals surface area contributed by atoms with Crippen LogP contribution in [0.1, 0.15) is 38.5 Å². The number of benzene rings is 1. The molecule has 2 unspecified atom stereocenters. The molecular formula is C17H23NO4S. The Morgan fingerprint density at radius 1 is 0.957 bits per heavy atom. The largest absolute Gasteiger partial charge is 0.486 e. The highest BCUT2D eigenvalue weighted by atomic mass is 32.2. The van der Waals surface area contributed by atoms with Crippen molar-refractivity contribution >= 4 is 10.0 Å². The summed E-state index contributed by atoms with van der Waals surface area (Å²) >= 11 is 0. The zero-order valence-electron chi connectivity index (χ0n) is 13.2. The minimum atomic E-state index is -3.47. The molecule has 0 N–H and O–H groups in total. The predicted octanol–water partition coefficient (Wildman–Crippen LogP) is 2.80. The van der Waals surface area contributed by atoms with Crippen LogP contribution < -0.4 is 9.47 Å². The van der Waals surface area contributed by atoms with E-state index in [9.17, 15) is 8.42 Å². The Morgan fingerprint density at radius 3 is 2.57 bits per heavy atom. The third-order valence-electron chi connectivity index (χ3n) is 5.31. The van der Waals surface area contributed by atoms with Gasteiger partial charge in [-0.25, -0.2) is 8.42 Å². The fourth-order valence-electron chi connectivity index (χ4n) is 4.20. The van der Waals surface area contributed by atoms with E-state index in [1.54, 1.807) is 22.5 Å². The number of hydrogen-bond donors (Lipinski definition) is 0. The van der Waals surface area contributed by atoms with Crippen molar-refractivity contribution in [1.82, 2.24) is 4.31 Å². The van der Waals surface area contributed by atoms with Gasteiger partial charge in [-0.05, 0) is 43.7 Å². The van der Waals surface area contributed by atoms with Crippen LogP contribution in [0.4, 0.5) is 0 Å². The lowest BCUT2D eigenvalue weighted by atomic mass is 9.79. The number of rotatable bonds is 2. The monoisotopic (exact) mass is 337 g/mol. The molecule has 4 rings (SSSR count). The molecule has 0 radical (unpaired) electrons. The second kappa shape index (κ2) is 5.98. The first-order chi connectivity index (χ1) is 11.2. The number of sulfonamides is 1. The van der Waals surface area contributed by atoms with Gasteiger partial charge in [-0.3, -0.25) is 0 Å². The molecule has 1 aromatic rings. The maximum absolute atomic E-state index is 13.2. The topological polar surface area (TPSA) is 55.8 Å². The predicted molar refractivity (Wildman–Crippen MR) is 86.3 cm³/mol. The lowest BCUT2D eigenvalue weighted by Gasteiger charge is -2.43. The molecule has 2 fully saturated rings. The van der Waals surface area contributed by atoms with E-state index in [1.807, 2.05) is 0 Å². The Balaban J connectivity index is 1.66. The Labute approximate surface area is 137 Å². The van der Waals surface area contributed by atoms with Crippen molar-refractivity contribution in [2.45, 2.75) is 49.5 Å². The van der Waals surface area contributed by atoms with Crippen molar-refractivity contribution in [2.75, 3.05) is 19.8 Å². The Morgan fingerprint density at radius 2 is 1.70 bits per heavy atom. The van der Waals surface area contributed by atoms with Gasteiger partial charge >= 0.3 is 0 Å². The van der Waals surface area contributed by atoms with Crippen LogP contribution in [-0.4, -0.2) is 38.5 Å². The molecule has 3 aliphatic rings. The summed E-state index contributed by atoms with van der Waals surface area (Å²) in [5.41, 5.74) is 0. The molecule has 126 valence electrons. The molecule has 0 amide bonds. The van der Waals surface area contributed by atoms with Gasteiger partial charge in [0.25, 0.3) is 0 Å².